The van der Waals surface area contributed by atoms with Crippen molar-refractivity contribution in [2.75, 3.05) is 12.4 Å². The first kappa shape index (κ1) is 15.5. The van der Waals surface area contributed by atoms with Crippen molar-refractivity contribution in [1.82, 2.24) is 0 Å². The molecule has 4 nitrogen and oxygen atoms in total. The van der Waals surface area contributed by atoms with Crippen LogP contribution in [0.15, 0.2) is 24.3 Å². The molecule has 0 bridgehead atoms. The molecule has 0 aromatic heterocycles. The molecule has 0 saturated heterocycles. The van der Waals surface area contributed by atoms with Crippen LogP contribution in [0.5, 0.6) is 5.75 Å². The van der Waals surface area contributed by atoms with E-state index in [0.29, 0.717) is 18.0 Å². The molecule has 0 radical (unpaired) electrons. The van der Waals surface area contributed by atoms with E-state index in [9.17, 15) is 9.32 Å². The molecule has 2 rings (SSSR count). The summed E-state index contributed by atoms with van der Waals surface area (Å²) in [6, 6.07) is 7.50. The van der Waals surface area contributed by atoms with Gasteiger partial charge < -0.3 is 15.6 Å². The van der Waals surface area contributed by atoms with Gasteiger partial charge in [0.1, 0.15) is 12.4 Å². The Labute approximate surface area is 122 Å². The van der Waals surface area contributed by atoms with Crippen molar-refractivity contribution in [1.29, 1.82) is 0 Å². The van der Waals surface area contributed by atoms with Crippen LogP contribution in [-0.2, 0) is 17.3 Å². The van der Waals surface area contributed by atoms with Gasteiger partial charge >= 0.3 is 0 Å². The SMILES string of the molecule is NCc1cccc(OCC(O)CS(=O)C2CCCC2)c1. The van der Waals surface area contributed by atoms with Crippen LogP contribution in [0.4, 0.5) is 0 Å². The second-order valence-corrected chi connectivity index (χ2v) is 7.03. The third kappa shape index (κ3) is 4.58. The molecule has 1 fully saturated rings. The maximum absolute atomic E-state index is 12.0. The van der Waals surface area contributed by atoms with Crippen molar-refractivity contribution in [3.63, 3.8) is 0 Å². The van der Waals surface area contributed by atoms with E-state index in [-0.39, 0.29) is 11.9 Å². The molecule has 5 heteroatoms. The number of aliphatic hydroxyl groups excluding tert-OH is 1. The predicted molar refractivity (Wildman–Crippen MR) is 81.1 cm³/mol. The van der Waals surface area contributed by atoms with E-state index in [1.807, 2.05) is 24.3 Å². The molecule has 1 aromatic carbocycles. The zero-order chi connectivity index (χ0) is 14.4. The maximum Gasteiger partial charge on any atom is 0.119 e. The Kier molecular flexibility index (Phi) is 6.01. The van der Waals surface area contributed by atoms with E-state index in [1.54, 1.807) is 0 Å². The maximum atomic E-state index is 12.0. The molecule has 0 spiro atoms. The van der Waals surface area contributed by atoms with Gasteiger partial charge in [0.2, 0.25) is 0 Å². The average Bonchev–Trinajstić information content (AvgIpc) is 2.99. The van der Waals surface area contributed by atoms with Crippen molar-refractivity contribution in [2.45, 2.75) is 43.6 Å². The second kappa shape index (κ2) is 7.76. The first-order valence-corrected chi connectivity index (χ1v) is 8.54. The van der Waals surface area contributed by atoms with Crippen molar-refractivity contribution in [2.24, 2.45) is 5.73 Å². The normalized spacial score (nSPS) is 18.9. The standard InChI is InChI=1S/C15H23NO3S/c16-9-12-4-3-5-14(8-12)19-10-13(17)11-20(18)15-6-1-2-7-15/h3-5,8,13,15,17H,1-2,6-7,9-11,16H2. The fourth-order valence-electron chi connectivity index (χ4n) is 2.48. The van der Waals surface area contributed by atoms with Crippen LogP contribution in [0.25, 0.3) is 0 Å². The van der Waals surface area contributed by atoms with E-state index >= 15 is 0 Å². The Bertz CT molecular complexity index is 446. The van der Waals surface area contributed by atoms with E-state index in [1.165, 1.54) is 0 Å². The number of hydrogen-bond acceptors (Lipinski definition) is 4. The molecule has 2 atom stereocenters. The molecule has 1 aromatic rings. The van der Waals surface area contributed by atoms with E-state index in [4.69, 9.17) is 10.5 Å². The molecule has 0 heterocycles. The van der Waals surface area contributed by atoms with Gasteiger partial charge in [-0.1, -0.05) is 25.0 Å². The number of benzene rings is 1. The van der Waals surface area contributed by atoms with Crippen LogP contribution >= 0.6 is 0 Å². The fraction of sp³-hybridized carbons (Fsp3) is 0.600. The van der Waals surface area contributed by atoms with Crippen LogP contribution in [0.3, 0.4) is 0 Å². The monoisotopic (exact) mass is 297 g/mol. The molecule has 1 saturated carbocycles. The van der Waals surface area contributed by atoms with Gasteiger partial charge in [0.05, 0.1) is 11.9 Å². The second-order valence-electron chi connectivity index (χ2n) is 5.27. The van der Waals surface area contributed by atoms with Crippen molar-refractivity contribution in [3.05, 3.63) is 29.8 Å². The van der Waals surface area contributed by atoms with Crippen molar-refractivity contribution >= 4 is 10.8 Å². The van der Waals surface area contributed by atoms with Gasteiger partial charge in [0, 0.05) is 22.6 Å². The highest BCUT2D eigenvalue weighted by molar-refractivity contribution is 7.85. The summed E-state index contributed by atoms with van der Waals surface area (Å²) in [6.45, 7) is 0.637. The largest absolute Gasteiger partial charge is 0.491 e. The third-order valence-electron chi connectivity index (χ3n) is 3.61. The number of ether oxygens (including phenoxy) is 1. The highest BCUT2D eigenvalue weighted by atomic mass is 32.2. The number of nitrogens with two attached hydrogens (primary N) is 1. The lowest BCUT2D eigenvalue weighted by Crippen LogP contribution is -2.28. The molecular formula is C15H23NO3S. The Hall–Kier alpha value is -0.910. The highest BCUT2D eigenvalue weighted by Gasteiger charge is 2.23. The molecule has 112 valence electrons. The minimum atomic E-state index is -0.939. The zero-order valence-electron chi connectivity index (χ0n) is 11.7. The Morgan fingerprint density at radius 3 is 2.85 bits per heavy atom. The van der Waals surface area contributed by atoms with Crippen LogP contribution in [0, 0.1) is 0 Å². The van der Waals surface area contributed by atoms with Gasteiger partial charge in [-0.05, 0) is 30.5 Å². The van der Waals surface area contributed by atoms with Crippen molar-refractivity contribution in [3.8, 4) is 5.75 Å². The van der Waals surface area contributed by atoms with E-state index in [2.05, 4.69) is 0 Å². The fourth-order valence-corrected chi connectivity index (χ4v) is 4.09. The van der Waals surface area contributed by atoms with E-state index in [0.717, 1.165) is 31.2 Å². The summed E-state index contributed by atoms with van der Waals surface area (Å²) in [4.78, 5) is 0. The molecule has 3 N–H and O–H groups in total. The summed E-state index contributed by atoms with van der Waals surface area (Å²) >= 11 is 0. The molecule has 1 aliphatic rings. The Morgan fingerprint density at radius 2 is 2.15 bits per heavy atom. The minimum absolute atomic E-state index is 0.173. The quantitative estimate of drug-likeness (QED) is 0.801. The summed E-state index contributed by atoms with van der Waals surface area (Å²) in [5.41, 5.74) is 6.56. The van der Waals surface area contributed by atoms with Crippen LogP contribution in [0.1, 0.15) is 31.2 Å². The number of hydrogen-bond donors (Lipinski definition) is 2. The lowest BCUT2D eigenvalue weighted by Gasteiger charge is -2.15. The van der Waals surface area contributed by atoms with Gasteiger partial charge in [0.15, 0.2) is 0 Å². The summed E-state index contributed by atoms with van der Waals surface area (Å²) in [5, 5.41) is 10.2. The van der Waals surface area contributed by atoms with Gasteiger partial charge in [0.25, 0.3) is 0 Å². The minimum Gasteiger partial charge on any atom is -0.491 e. The Balaban J connectivity index is 1.76. The van der Waals surface area contributed by atoms with Gasteiger partial charge in [-0.2, -0.15) is 0 Å². The van der Waals surface area contributed by atoms with Gasteiger partial charge in [-0.3, -0.25) is 4.21 Å². The van der Waals surface area contributed by atoms with Gasteiger partial charge in [-0.15, -0.1) is 0 Å². The Morgan fingerprint density at radius 1 is 1.40 bits per heavy atom. The van der Waals surface area contributed by atoms with Crippen LogP contribution in [0.2, 0.25) is 0 Å². The van der Waals surface area contributed by atoms with Crippen LogP contribution in [-0.4, -0.2) is 33.0 Å². The smallest absolute Gasteiger partial charge is 0.119 e. The zero-order valence-corrected chi connectivity index (χ0v) is 12.5. The first-order chi connectivity index (χ1) is 9.69. The topological polar surface area (TPSA) is 72.6 Å². The highest BCUT2D eigenvalue weighted by Crippen LogP contribution is 2.23. The summed E-state index contributed by atoms with van der Waals surface area (Å²) in [7, 11) is -0.939. The molecular weight excluding hydrogens is 274 g/mol. The summed E-state index contributed by atoms with van der Waals surface area (Å²) < 4.78 is 17.6. The molecule has 0 amide bonds. The van der Waals surface area contributed by atoms with Gasteiger partial charge in [-0.25, -0.2) is 0 Å². The molecule has 20 heavy (non-hydrogen) atoms. The third-order valence-corrected chi connectivity index (χ3v) is 5.54. The average molecular weight is 297 g/mol. The van der Waals surface area contributed by atoms with E-state index < -0.39 is 16.9 Å². The predicted octanol–water partition coefficient (Wildman–Crippen LogP) is 1.58. The van der Waals surface area contributed by atoms with Crippen LogP contribution < -0.4 is 10.5 Å². The molecule has 2 unspecified atom stereocenters. The summed E-state index contributed by atoms with van der Waals surface area (Å²) in [6.07, 6.45) is 3.69. The van der Waals surface area contributed by atoms with Crippen molar-refractivity contribution < 1.29 is 14.1 Å². The molecule has 1 aliphatic carbocycles. The lowest BCUT2D eigenvalue weighted by atomic mass is 10.2. The molecule has 0 aliphatic heterocycles. The lowest BCUT2D eigenvalue weighted by molar-refractivity contribution is 0.125. The number of aliphatic hydroxyl groups is 1. The summed E-state index contributed by atoms with van der Waals surface area (Å²) in [5.74, 6) is 1.000. The number of rotatable bonds is 7. The first-order valence-electron chi connectivity index (χ1n) is 7.16.